The van der Waals surface area contributed by atoms with Gasteiger partial charge in [-0.1, -0.05) is 19.1 Å². The first-order valence-corrected chi connectivity index (χ1v) is 4.57. The normalized spacial score (nSPS) is 21.9. The first-order chi connectivity index (χ1) is 5.77. The molecule has 0 saturated carbocycles. The zero-order valence-electron chi connectivity index (χ0n) is 7.38. The van der Waals surface area contributed by atoms with Crippen molar-refractivity contribution in [3.05, 3.63) is 29.3 Å². The summed E-state index contributed by atoms with van der Waals surface area (Å²) >= 11 is 0. The third-order valence-electron chi connectivity index (χ3n) is 2.70. The number of benzene rings is 1. The van der Waals surface area contributed by atoms with Crippen molar-refractivity contribution in [2.24, 2.45) is 5.92 Å². The van der Waals surface area contributed by atoms with Crippen molar-refractivity contribution in [3.8, 4) is 5.75 Å². The maximum atomic E-state index is 9.54. The van der Waals surface area contributed by atoms with Crippen molar-refractivity contribution in [1.29, 1.82) is 0 Å². The van der Waals surface area contributed by atoms with Crippen LogP contribution in [0.25, 0.3) is 0 Å². The maximum Gasteiger partial charge on any atom is 0.119 e. The van der Waals surface area contributed by atoms with Crippen molar-refractivity contribution in [3.63, 3.8) is 0 Å². The number of hydrogen-bond acceptors (Lipinski definition) is 1. The molecule has 0 saturated heterocycles. The molecule has 0 fully saturated rings. The molecule has 1 aliphatic carbocycles. The maximum absolute atomic E-state index is 9.54. The zero-order chi connectivity index (χ0) is 8.55. The van der Waals surface area contributed by atoms with Gasteiger partial charge in [-0.05, 0) is 42.4 Å². The molecule has 12 heavy (non-hydrogen) atoms. The molecule has 1 heteroatoms. The SMILES string of the molecule is C[C@@H]1CCc2c(O)cccc2C1. The Morgan fingerprint density at radius 3 is 3.08 bits per heavy atom. The van der Waals surface area contributed by atoms with Crippen LogP contribution in [0.2, 0.25) is 0 Å². The summed E-state index contributed by atoms with van der Waals surface area (Å²) in [6.07, 6.45) is 3.39. The number of aromatic hydroxyl groups is 1. The van der Waals surface area contributed by atoms with E-state index in [2.05, 4.69) is 13.0 Å². The van der Waals surface area contributed by atoms with Crippen molar-refractivity contribution in [2.75, 3.05) is 0 Å². The third kappa shape index (κ3) is 1.20. The average molecular weight is 162 g/mol. The highest BCUT2D eigenvalue weighted by atomic mass is 16.3. The monoisotopic (exact) mass is 162 g/mol. The molecular formula is C11H14O. The molecule has 0 heterocycles. The predicted octanol–water partition coefficient (Wildman–Crippen LogP) is 2.52. The van der Waals surface area contributed by atoms with Crippen molar-refractivity contribution in [1.82, 2.24) is 0 Å². The van der Waals surface area contributed by atoms with Gasteiger partial charge in [0.1, 0.15) is 5.75 Å². The van der Waals surface area contributed by atoms with Gasteiger partial charge < -0.3 is 5.11 Å². The molecule has 0 spiro atoms. The van der Waals surface area contributed by atoms with Crippen LogP contribution in [0, 0.1) is 5.92 Å². The molecule has 0 amide bonds. The van der Waals surface area contributed by atoms with Gasteiger partial charge in [0.25, 0.3) is 0 Å². The average Bonchev–Trinajstić information content (AvgIpc) is 2.04. The van der Waals surface area contributed by atoms with Crippen LogP contribution in [0.1, 0.15) is 24.5 Å². The summed E-state index contributed by atoms with van der Waals surface area (Å²) in [4.78, 5) is 0. The van der Waals surface area contributed by atoms with Crippen LogP contribution in [-0.2, 0) is 12.8 Å². The highest BCUT2D eigenvalue weighted by Crippen LogP contribution is 2.30. The molecular weight excluding hydrogens is 148 g/mol. The van der Waals surface area contributed by atoms with E-state index in [0.717, 1.165) is 18.8 Å². The summed E-state index contributed by atoms with van der Waals surface area (Å²) < 4.78 is 0. The Balaban J connectivity index is 2.42. The molecule has 1 atom stereocenters. The van der Waals surface area contributed by atoms with E-state index in [9.17, 15) is 5.11 Å². The molecule has 1 aromatic rings. The van der Waals surface area contributed by atoms with Gasteiger partial charge in [0.05, 0.1) is 0 Å². The van der Waals surface area contributed by atoms with E-state index in [1.807, 2.05) is 6.07 Å². The second kappa shape index (κ2) is 2.81. The van der Waals surface area contributed by atoms with Crippen molar-refractivity contribution >= 4 is 0 Å². The van der Waals surface area contributed by atoms with Gasteiger partial charge in [-0.2, -0.15) is 0 Å². The van der Waals surface area contributed by atoms with Crippen LogP contribution < -0.4 is 0 Å². The number of fused-ring (bicyclic) bond motifs is 1. The Bertz CT molecular complexity index is 291. The number of rotatable bonds is 0. The second-order valence-corrected chi connectivity index (χ2v) is 3.76. The van der Waals surface area contributed by atoms with Gasteiger partial charge in [-0.15, -0.1) is 0 Å². The van der Waals surface area contributed by atoms with Crippen LogP contribution >= 0.6 is 0 Å². The molecule has 1 N–H and O–H groups in total. The number of phenolic OH excluding ortho intramolecular Hbond substituents is 1. The fourth-order valence-corrected chi connectivity index (χ4v) is 1.97. The number of hydrogen-bond donors (Lipinski definition) is 1. The van der Waals surface area contributed by atoms with E-state index in [1.54, 1.807) is 6.07 Å². The van der Waals surface area contributed by atoms with E-state index in [0.29, 0.717) is 5.75 Å². The van der Waals surface area contributed by atoms with Crippen molar-refractivity contribution < 1.29 is 5.11 Å². The van der Waals surface area contributed by atoms with Crippen LogP contribution in [0.15, 0.2) is 18.2 Å². The van der Waals surface area contributed by atoms with Gasteiger partial charge in [0.2, 0.25) is 0 Å². The molecule has 0 radical (unpaired) electrons. The molecule has 0 aliphatic heterocycles. The van der Waals surface area contributed by atoms with E-state index >= 15 is 0 Å². The van der Waals surface area contributed by atoms with Crippen molar-refractivity contribution in [2.45, 2.75) is 26.2 Å². The van der Waals surface area contributed by atoms with Crippen LogP contribution in [-0.4, -0.2) is 5.11 Å². The minimum atomic E-state index is 0.486. The summed E-state index contributed by atoms with van der Waals surface area (Å²) in [6.45, 7) is 2.27. The molecule has 1 nitrogen and oxygen atoms in total. The van der Waals surface area contributed by atoms with Gasteiger partial charge in [0.15, 0.2) is 0 Å². The molecule has 1 aliphatic rings. The summed E-state index contributed by atoms with van der Waals surface area (Å²) in [5.74, 6) is 1.26. The van der Waals surface area contributed by atoms with Crippen LogP contribution in [0.4, 0.5) is 0 Å². The lowest BCUT2D eigenvalue weighted by atomic mass is 9.85. The lowest BCUT2D eigenvalue weighted by Crippen LogP contribution is -2.10. The van der Waals surface area contributed by atoms with Crippen LogP contribution in [0.5, 0.6) is 5.75 Å². The molecule has 0 aromatic heterocycles. The minimum absolute atomic E-state index is 0.486. The summed E-state index contributed by atoms with van der Waals surface area (Å²) in [7, 11) is 0. The van der Waals surface area contributed by atoms with E-state index < -0.39 is 0 Å². The lowest BCUT2D eigenvalue weighted by Gasteiger charge is -2.21. The van der Waals surface area contributed by atoms with E-state index in [1.165, 1.54) is 17.5 Å². The summed E-state index contributed by atoms with van der Waals surface area (Å²) in [5, 5.41) is 9.54. The largest absolute Gasteiger partial charge is 0.508 e. The fourth-order valence-electron chi connectivity index (χ4n) is 1.97. The first kappa shape index (κ1) is 7.66. The van der Waals surface area contributed by atoms with Gasteiger partial charge in [0, 0.05) is 0 Å². The lowest BCUT2D eigenvalue weighted by molar-refractivity contribution is 0.444. The summed E-state index contributed by atoms with van der Waals surface area (Å²) in [6, 6.07) is 5.85. The summed E-state index contributed by atoms with van der Waals surface area (Å²) in [5.41, 5.74) is 2.52. The van der Waals surface area contributed by atoms with E-state index in [-0.39, 0.29) is 0 Å². The molecule has 1 aromatic carbocycles. The zero-order valence-corrected chi connectivity index (χ0v) is 7.38. The van der Waals surface area contributed by atoms with E-state index in [4.69, 9.17) is 0 Å². The molecule has 2 rings (SSSR count). The molecule has 0 bridgehead atoms. The Morgan fingerprint density at radius 1 is 1.42 bits per heavy atom. The van der Waals surface area contributed by atoms with Gasteiger partial charge >= 0.3 is 0 Å². The smallest absolute Gasteiger partial charge is 0.119 e. The first-order valence-electron chi connectivity index (χ1n) is 4.57. The quantitative estimate of drug-likeness (QED) is 0.621. The standard InChI is InChI=1S/C11H14O/c1-8-5-6-10-9(7-8)3-2-4-11(10)12/h2-4,8,12H,5-7H2,1H3/t8-/m1/s1. The third-order valence-corrected chi connectivity index (χ3v) is 2.70. The molecule has 64 valence electrons. The Kier molecular flexibility index (Phi) is 1.80. The topological polar surface area (TPSA) is 20.2 Å². The van der Waals surface area contributed by atoms with Gasteiger partial charge in [-0.25, -0.2) is 0 Å². The predicted molar refractivity (Wildman–Crippen MR) is 49.3 cm³/mol. The van der Waals surface area contributed by atoms with Crippen LogP contribution in [0.3, 0.4) is 0 Å². The van der Waals surface area contributed by atoms with Gasteiger partial charge in [-0.3, -0.25) is 0 Å². The Hall–Kier alpha value is -0.980. The highest BCUT2D eigenvalue weighted by Gasteiger charge is 2.16. The minimum Gasteiger partial charge on any atom is -0.508 e. The second-order valence-electron chi connectivity index (χ2n) is 3.76. The Labute approximate surface area is 73.0 Å². The molecule has 0 unspecified atom stereocenters. The fraction of sp³-hybridized carbons (Fsp3) is 0.455. The number of phenols is 1. The Morgan fingerprint density at radius 2 is 2.25 bits per heavy atom. The highest BCUT2D eigenvalue weighted by molar-refractivity contribution is 5.40.